The van der Waals surface area contributed by atoms with Crippen LogP contribution in [0.1, 0.15) is 27.7 Å². The highest BCUT2D eigenvalue weighted by Gasteiger charge is 2.31. The Hall–Kier alpha value is -2.29. The predicted molar refractivity (Wildman–Crippen MR) is 110 cm³/mol. The molecule has 154 valence electrons. The van der Waals surface area contributed by atoms with E-state index in [-0.39, 0.29) is 24.6 Å². The summed E-state index contributed by atoms with van der Waals surface area (Å²) in [6.07, 6.45) is -0.376. The Bertz CT molecular complexity index is 718. The molecule has 1 atom stereocenters. The Kier molecular flexibility index (Phi) is 7.29. The van der Waals surface area contributed by atoms with Crippen LogP contribution in [0.2, 0.25) is 0 Å². The van der Waals surface area contributed by atoms with Gasteiger partial charge in [0, 0.05) is 35.8 Å². The topological polar surface area (TPSA) is 91.0 Å². The summed E-state index contributed by atoms with van der Waals surface area (Å²) in [6.45, 7) is 8.41. The summed E-state index contributed by atoms with van der Waals surface area (Å²) in [5.74, 6) is -0.192. The molecule has 1 aliphatic heterocycles. The van der Waals surface area contributed by atoms with Crippen LogP contribution < -0.4 is 10.6 Å². The summed E-state index contributed by atoms with van der Waals surface area (Å²) in [7, 11) is 0. The van der Waals surface area contributed by atoms with Crippen LogP contribution in [0.25, 0.3) is 0 Å². The van der Waals surface area contributed by atoms with Gasteiger partial charge in [0.25, 0.3) is 0 Å². The molecule has 9 heteroatoms. The van der Waals surface area contributed by atoms with Gasteiger partial charge in [-0.2, -0.15) is 0 Å². The maximum absolute atomic E-state index is 12.5. The number of carbonyl (C=O) groups is 3. The lowest BCUT2D eigenvalue weighted by Gasteiger charge is -2.40. The highest BCUT2D eigenvalue weighted by Crippen LogP contribution is 2.15. The maximum atomic E-state index is 12.5. The van der Waals surface area contributed by atoms with Crippen molar-refractivity contribution in [1.82, 2.24) is 15.1 Å². The Morgan fingerprint density at radius 2 is 1.82 bits per heavy atom. The first-order valence-electron chi connectivity index (χ1n) is 9.13. The number of amides is 4. The number of hydrogen-bond donors (Lipinski definition) is 2. The van der Waals surface area contributed by atoms with E-state index in [1.54, 1.807) is 21.9 Å². The van der Waals surface area contributed by atoms with Crippen molar-refractivity contribution < 1.29 is 19.1 Å². The molecule has 2 N–H and O–H groups in total. The molecular weight excluding hydrogens is 428 g/mol. The molecular formula is C19H27BrN4O4. The van der Waals surface area contributed by atoms with Crippen LogP contribution in [0.15, 0.2) is 28.7 Å². The van der Waals surface area contributed by atoms with Gasteiger partial charge in [0.05, 0.1) is 6.54 Å². The third kappa shape index (κ3) is 6.70. The molecule has 8 nitrogen and oxygen atoms in total. The van der Waals surface area contributed by atoms with Crippen molar-refractivity contribution in [3.05, 3.63) is 28.7 Å². The van der Waals surface area contributed by atoms with Crippen molar-refractivity contribution in [2.24, 2.45) is 0 Å². The van der Waals surface area contributed by atoms with E-state index < -0.39 is 11.6 Å². The van der Waals surface area contributed by atoms with Gasteiger partial charge in [-0.3, -0.25) is 4.79 Å². The van der Waals surface area contributed by atoms with Crippen LogP contribution in [0.3, 0.4) is 0 Å². The number of halogens is 1. The number of hydrogen-bond acceptors (Lipinski definition) is 4. The molecule has 0 aromatic heterocycles. The smallest absolute Gasteiger partial charge is 0.410 e. The lowest BCUT2D eigenvalue weighted by Crippen LogP contribution is -2.57. The number of urea groups is 1. The molecule has 1 saturated heterocycles. The second kappa shape index (κ2) is 9.27. The minimum absolute atomic E-state index is 0.112. The number of benzene rings is 1. The van der Waals surface area contributed by atoms with E-state index >= 15 is 0 Å². The fourth-order valence-corrected chi connectivity index (χ4v) is 3.05. The van der Waals surface area contributed by atoms with Crippen LogP contribution >= 0.6 is 15.9 Å². The molecule has 1 aromatic rings. The minimum Gasteiger partial charge on any atom is -0.444 e. The zero-order chi connectivity index (χ0) is 20.9. The standard InChI is InChI=1S/C19H27BrN4O4/c1-13-12-23(18(27)28-19(2,3)4)9-10-24(13)16(25)11-21-17(26)22-15-7-5-14(20)6-8-15/h5-8,13H,9-12H2,1-4H3,(H2,21,22,26)/t13-/m0/s1. The van der Waals surface area contributed by atoms with Crippen molar-refractivity contribution in [3.63, 3.8) is 0 Å². The zero-order valence-electron chi connectivity index (χ0n) is 16.6. The molecule has 28 heavy (non-hydrogen) atoms. The van der Waals surface area contributed by atoms with Gasteiger partial charge in [-0.05, 0) is 52.0 Å². The van der Waals surface area contributed by atoms with E-state index in [0.717, 1.165) is 4.47 Å². The third-order valence-corrected chi connectivity index (χ3v) is 4.63. The maximum Gasteiger partial charge on any atom is 0.410 e. The molecule has 1 heterocycles. The monoisotopic (exact) mass is 454 g/mol. The summed E-state index contributed by atoms with van der Waals surface area (Å²) in [6, 6.07) is 6.52. The van der Waals surface area contributed by atoms with Crippen molar-refractivity contribution >= 4 is 39.6 Å². The first-order chi connectivity index (χ1) is 13.0. The van der Waals surface area contributed by atoms with Crippen LogP contribution in [0.5, 0.6) is 0 Å². The van der Waals surface area contributed by atoms with E-state index in [1.165, 1.54) is 0 Å². The summed E-state index contributed by atoms with van der Waals surface area (Å²) in [5, 5.41) is 5.24. The van der Waals surface area contributed by atoms with Crippen LogP contribution in [-0.4, -0.2) is 65.7 Å². The predicted octanol–water partition coefficient (Wildman–Crippen LogP) is 3.04. The number of nitrogens with one attached hydrogen (secondary N) is 2. The molecule has 0 saturated carbocycles. The quantitative estimate of drug-likeness (QED) is 0.733. The van der Waals surface area contributed by atoms with Crippen molar-refractivity contribution in [2.45, 2.75) is 39.3 Å². The van der Waals surface area contributed by atoms with Crippen molar-refractivity contribution in [3.8, 4) is 0 Å². The number of rotatable bonds is 3. The first-order valence-corrected chi connectivity index (χ1v) is 9.92. The van der Waals surface area contributed by atoms with Crippen LogP contribution in [0.4, 0.5) is 15.3 Å². The molecule has 4 amide bonds. The number of carbonyl (C=O) groups excluding carboxylic acids is 3. The fraction of sp³-hybridized carbons (Fsp3) is 0.526. The lowest BCUT2D eigenvalue weighted by molar-refractivity contribution is -0.134. The largest absolute Gasteiger partial charge is 0.444 e. The average Bonchev–Trinajstić information content (AvgIpc) is 2.60. The van der Waals surface area contributed by atoms with Crippen molar-refractivity contribution in [1.29, 1.82) is 0 Å². The third-order valence-electron chi connectivity index (χ3n) is 4.10. The average molecular weight is 455 g/mol. The number of nitrogens with zero attached hydrogens (tertiary/aromatic N) is 2. The first kappa shape index (κ1) is 22.0. The summed E-state index contributed by atoms with van der Waals surface area (Å²) >= 11 is 3.33. The molecule has 1 aliphatic rings. The SMILES string of the molecule is C[C@H]1CN(C(=O)OC(C)(C)C)CCN1C(=O)CNC(=O)Nc1ccc(Br)cc1. The molecule has 2 rings (SSSR count). The number of ether oxygens (including phenoxy) is 1. The Balaban J connectivity index is 1.79. The second-order valence-electron chi connectivity index (χ2n) is 7.68. The fourth-order valence-electron chi connectivity index (χ4n) is 2.79. The molecule has 1 aromatic carbocycles. The Morgan fingerprint density at radius 3 is 2.39 bits per heavy atom. The highest BCUT2D eigenvalue weighted by atomic mass is 79.9. The molecule has 0 bridgehead atoms. The highest BCUT2D eigenvalue weighted by molar-refractivity contribution is 9.10. The van der Waals surface area contributed by atoms with Gasteiger partial charge in [0.15, 0.2) is 0 Å². The summed E-state index contributed by atoms with van der Waals surface area (Å²) < 4.78 is 6.29. The van der Waals surface area contributed by atoms with Gasteiger partial charge >= 0.3 is 12.1 Å². The summed E-state index contributed by atoms with van der Waals surface area (Å²) in [4.78, 5) is 39.9. The van der Waals surface area contributed by atoms with Crippen LogP contribution in [-0.2, 0) is 9.53 Å². The van der Waals surface area contributed by atoms with E-state index in [1.807, 2.05) is 39.8 Å². The summed E-state index contributed by atoms with van der Waals surface area (Å²) in [5.41, 5.74) is 0.0758. The van der Waals surface area contributed by atoms with Gasteiger partial charge in [0.2, 0.25) is 5.91 Å². The van der Waals surface area contributed by atoms with Gasteiger partial charge in [0.1, 0.15) is 5.60 Å². The van der Waals surface area contributed by atoms with Gasteiger partial charge in [-0.25, -0.2) is 9.59 Å². The van der Waals surface area contributed by atoms with E-state index in [4.69, 9.17) is 4.74 Å². The lowest BCUT2D eigenvalue weighted by atomic mass is 10.2. The molecule has 0 radical (unpaired) electrons. The number of anilines is 1. The minimum atomic E-state index is -0.556. The molecule has 1 fully saturated rings. The molecule has 0 aliphatic carbocycles. The molecule has 0 spiro atoms. The normalized spacial score (nSPS) is 17.1. The van der Waals surface area contributed by atoms with E-state index in [9.17, 15) is 14.4 Å². The van der Waals surface area contributed by atoms with Gasteiger partial charge in [-0.15, -0.1) is 0 Å². The Morgan fingerprint density at radius 1 is 1.18 bits per heavy atom. The second-order valence-corrected chi connectivity index (χ2v) is 8.59. The van der Waals surface area contributed by atoms with Gasteiger partial charge < -0.3 is 25.2 Å². The Labute approximate surface area is 173 Å². The van der Waals surface area contributed by atoms with E-state index in [2.05, 4.69) is 26.6 Å². The molecule has 0 unspecified atom stereocenters. The number of piperazine rings is 1. The van der Waals surface area contributed by atoms with Crippen LogP contribution in [0, 0.1) is 0 Å². The zero-order valence-corrected chi connectivity index (χ0v) is 18.2. The van der Waals surface area contributed by atoms with E-state index in [0.29, 0.717) is 25.3 Å². The van der Waals surface area contributed by atoms with Crippen molar-refractivity contribution in [2.75, 3.05) is 31.5 Å². The van der Waals surface area contributed by atoms with Gasteiger partial charge in [-0.1, -0.05) is 15.9 Å².